The van der Waals surface area contributed by atoms with Crippen LogP contribution in [0.25, 0.3) is 0 Å². The van der Waals surface area contributed by atoms with Crippen molar-refractivity contribution in [1.29, 1.82) is 0 Å². The van der Waals surface area contributed by atoms with Crippen LogP contribution in [0.15, 0.2) is 24.3 Å². The second kappa shape index (κ2) is 8.04. The standard InChI is InChI=1S/C18H26N2O4/c1-18(2,3)17(22)19-10-6-9-16(21)20-11-13-12-23-14-7-4-5-8-15(14)24-13/h4-5,7-8,13H,6,9-12H2,1-3H3,(H,19,22)(H,20,21). The van der Waals surface area contributed by atoms with Crippen molar-refractivity contribution in [1.82, 2.24) is 10.6 Å². The molecular formula is C18H26N2O4. The Morgan fingerprint density at radius 3 is 2.58 bits per heavy atom. The van der Waals surface area contributed by atoms with Crippen molar-refractivity contribution in [2.24, 2.45) is 5.41 Å². The first-order chi connectivity index (χ1) is 11.4. The molecule has 0 spiro atoms. The predicted octanol–water partition coefficient (Wildman–Crippen LogP) is 1.89. The lowest BCUT2D eigenvalue weighted by atomic mass is 9.96. The molecule has 1 heterocycles. The molecule has 0 saturated heterocycles. The Labute approximate surface area is 142 Å². The third kappa shape index (κ3) is 5.44. The van der Waals surface area contributed by atoms with E-state index in [1.807, 2.05) is 45.0 Å². The lowest BCUT2D eigenvalue weighted by Crippen LogP contribution is -2.41. The molecule has 0 bridgehead atoms. The molecule has 2 amide bonds. The van der Waals surface area contributed by atoms with Crippen LogP contribution in [-0.4, -0.2) is 37.6 Å². The number of amides is 2. The number of hydrogen-bond acceptors (Lipinski definition) is 4. The Hall–Kier alpha value is -2.24. The Bertz CT molecular complexity index is 581. The fraction of sp³-hybridized carbons (Fsp3) is 0.556. The third-order valence-electron chi connectivity index (χ3n) is 3.64. The topological polar surface area (TPSA) is 76.7 Å². The molecule has 0 saturated carbocycles. The van der Waals surface area contributed by atoms with Crippen molar-refractivity contribution in [3.63, 3.8) is 0 Å². The minimum absolute atomic E-state index is 0.00525. The summed E-state index contributed by atoms with van der Waals surface area (Å²) in [4.78, 5) is 23.6. The zero-order chi connectivity index (χ0) is 17.6. The smallest absolute Gasteiger partial charge is 0.225 e. The van der Waals surface area contributed by atoms with E-state index in [-0.39, 0.29) is 17.9 Å². The number of ether oxygens (including phenoxy) is 2. The first-order valence-corrected chi connectivity index (χ1v) is 8.30. The summed E-state index contributed by atoms with van der Waals surface area (Å²) in [7, 11) is 0. The summed E-state index contributed by atoms with van der Waals surface area (Å²) in [5, 5.41) is 5.68. The SMILES string of the molecule is CC(C)(C)C(=O)NCCCC(=O)NCC1COc2ccccc2O1. The van der Waals surface area contributed by atoms with Crippen molar-refractivity contribution < 1.29 is 19.1 Å². The van der Waals surface area contributed by atoms with Gasteiger partial charge in [0, 0.05) is 18.4 Å². The summed E-state index contributed by atoms with van der Waals surface area (Å²) < 4.78 is 11.4. The fourth-order valence-electron chi connectivity index (χ4n) is 2.20. The molecule has 1 aliphatic rings. The van der Waals surface area contributed by atoms with Gasteiger partial charge < -0.3 is 20.1 Å². The average molecular weight is 334 g/mol. The van der Waals surface area contributed by atoms with Gasteiger partial charge in [0.1, 0.15) is 12.7 Å². The van der Waals surface area contributed by atoms with Gasteiger partial charge in [-0.1, -0.05) is 32.9 Å². The molecule has 1 atom stereocenters. The second-order valence-corrected chi connectivity index (χ2v) is 6.91. The molecule has 0 radical (unpaired) electrons. The van der Waals surface area contributed by atoms with Gasteiger partial charge in [0.15, 0.2) is 11.5 Å². The maximum atomic E-state index is 11.9. The van der Waals surface area contributed by atoms with Crippen molar-refractivity contribution >= 4 is 11.8 Å². The molecule has 1 aromatic rings. The van der Waals surface area contributed by atoms with Gasteiger partial charge in [-0.3, -0.25) is 9.59 Å². The average Bonchev–Trinajstić information content (AvgIpc) is 2.55. The Morgan fingerprint density at radius 2 is 1.88 bits per heavy atom. The first-order valence-electron chi connectivity index (χ1n) is 8.30. The lowest BCUT2D eigenvalue weighted by Gasteiger charge is -2.26. The number of carbonyl (C=O) groups excluding carboxylic acids is 2. The molecule has 2 rings (SSSR count). The molecule has 1 unspecified atom stereocenters. The molecule has 1 aromatic carbocycles. The second-order valence-electron chi connectivity index (χ2n) is 6.91. The summed E-state index contributed by atoms with van der Waals surface area (Å²) >= 11 is 0. The van der Waals surface area contributed by atoms with Crippen LogP contribution in [0.5, 0.6) is 11.5 Å². The van der Waals surface area contributed by atoms with Gasteiger partial charge in [-0.05, 0) is 18.6 Å². The Balaban J connectivity index is 1.61. The highest BCUT2D eigenvalue weighted by atomic mass is 16.6. The molecule has 2 N–H and O–H groups in total. The molecule has 0 fully saturated rings. The largest absolute Gasteiger partial charge is 0.486 e. The molecule has 0 aliphatic carbocycles. The van der Waals surface area contributed by atoms with E-state index in [0.717, 1.165) is 5.75 Å². The summed E-state index contributed by atoms with van der Waals surface area (Å²) in [5.74, 6) is 1.37. The van der Waals surface area contributed by atoms with Gasteiger partial charge in [-0.15, -0.1) is 0 Å². The number of hydrogen-bond donors (Lipinski definition) is 2. The fourth-order valence-corrected chi connectivity index (χ4v) is 2.20. The van der Waals surface area contributed by atoms with E-state index in [1.165, 1.54) is 0 Å². The van der Waals surface area contributed by atoms with E-state index in [9.17, 15) is 9.59 Å². The van der Waals surface area contributed by atoms with Gasteiger partial charge in [-0.25, -0.2) is 0 Å². The maximum Gasteiger partial charge on any atom is 0.225 e. The van der Waals surface area contributed by atoms with Gasteiger partial charge in [0.2, 0.25) is 11.8 Å². The van der Waals surface area contributed by atoms with Crippen LogP contribution >= 0.6 is 0 Å². The van der Waals surface area contributed by atoms with Crippen LogP contribution in [0.2, 0.25) is 0 Å². The number of rotatable bonds is 6. The normalized spacial score (nSPS) is 16.4. The zero-order valence-electron chi connectivity index (χ0n) is 14.6. The van der Waals surface area contributed by atoms with Crippen molar-refractivity contribution in [2.45, 2.75) is 39.7 Å². The molecule has 6 heteroatoms. The van der Waals surface area contributed by atoms with Crippen LogP contribution < -0.4 is 20.1 Å². The number of para-hydroxylation sites is 2. The molecule has 0 aromatic heterocycles. The number of fused-ring (bicyclic) bond motifs is 1. The summed E-state index contributed by atoms with van der Waals surface area (Å²) in [6, 6.07) is 7.48. The molecule has 1 aliphatic heterocycles. The number of nitrogens with one attached hydrogen (secondary N) is 2. The van der Waals surface area contributed by atoms with Crippen LogP contribution in [-0.2, 0) is 9.59 Å². The Kier molecular flexibility index (Phi) is 6.06. The van der Waals surface area contributed by atoms with Gasteiger partial charge in [0.05, 0.1) is 6.54 Å². The van der Waals surface area contributed by atoms with Gasteiger partial charge >= 0.3 is 0 Å². The van der Waals surface area contributed by atoms with Crippen LogP contribution in [0.3, 0.4) is 0 Å². The highest BCUT2D eigenvalue weighted by Crippen LogP contribution is 2.30. The maximum absolute atomic E-state index is 11.9. The monoisotopic (exact) mass is 334 g/mol. The summed E-state index contributed by atoms with van der Waals surface area (Å²) in [6.45, 7) is 6.90. The zero-order valence-corrected chi connectivity index (χ0v) is 14.6. The van der Waals surface area contributed by atoms with Crippen molar-refractivity contribution in [3.05, 3.63) is 24.3 Å². The molecule has 6 nitrogen and oxygen atoms in total. The lowest BCUT2D eigenvalue weighted by molar-refractivity contribution is -0.128. The predicted molar refractivity (Wildman–Crippen MR) is 91.1 cm³/mol. The van der Waals surface area contributed by atoms with Crippen LogP contribution in [0, 0.1) is 5.41 Å². The number of benzene rings is 1. The van der Waals surface area contributed by atoms with E-state index in [1.54, 1.807) is 0 Å². The summed E-state index contributed by atoms with van der Waals surface area (Å²) in [6.07, 6.45) is 0.789. The van der Waals surface area contributed by atoms with Crippen molar-refractivity contribution in [2.75, 3.05) is 19.7 Å². The van der Waals surface area contributed by atoms with Crippen molar-refractivity contribution in [3.8, 4) is 11.5 Å². The number of carbonyl (C=O) groups is 2. The van der Waals surface area contributed by atoms with Crippen LogP contribution in [0.4, 0.5) is 0 Å². The minimum atomic E-state index is -0.406. The van der Waals surface area contributed by atoms with E-state index in [0.29, 0.717) is 38.3 Å². The minimum Gasteiger partial charge on any atom is -0.486 e. The molecule has 24 heavy (non-hydrogen) atoms. The van der Waals surface area contributed by atoms with Gasteiger partial charge in [0.25, 0.3) is 0 Å². The third-order valence-corrected chi connectivity index (χ3v) is 3.64. The van der Waals surface area contributed by atoms with E-state index in [4.69, 9.17) is 9.47 Å². The highest BCUT2D eigenvalue weighted by molar-refractivity contribution is 5.81. The van der Waals surface area contributed by atoms with E-state index in [2.05, 4.69) is 10.6 Å². The van der Waals surface area contributed by atoms with E-state index >= 15 is 0 Å². The van der Waals surface area contributed by atoms with Crippen LogP contribution in [0.1, 0.15) is 33.6 Å². The Morgan fingerprint density at radius 1 is 1.17 bits per heavy atom. The summed E-state index contributed by atoms with van der Waals surface area (Å²) in [5.41, 5.74) is -0.406. The molecule has 132 valence electrons. The van der Waals surface area contributed by atoms with E-state index < -0.39 is 5.41 Å². The van der Waals surface area contributed by atoms with Gasteiger partial charge in [-0.2, -0.15) is 0 Å². The highest BCUT2D eigenvalue weighted by Gasteiger charge is 2.21. The first kappa shape index (κ1) is 18.1. The molecular weight excluding hydrogens is 308 g/mol. The quantitative estimate of drug-likeness (QED) is 0.779.